The van der Waals surface area contributed by atoms with Gasteiger partial charge in [-0.2, -0.15) is 5.10 Å². The maximum Gasteiger partial charge on any atom is 0.270 e. The summed E-state index contributed by atoms with van der Waals surface area (Å²) in [6, 6.07) is 15.6. The Morgan fingerprint density at radius 3 is 2.39 bits per heavy atom. The van der Waals surface area contributed by atoms with Gasteiger partial charge in [-0.3, -0.25) is 9.69 Å². The van der Waals surface area contributed by atoms with Crippen LogP contribution >= 0.6 is 24.0 Å². The van der Waals surface area contributed by atoms with Gasteiger partial charge in [-0.05, 0) is 56.3 Å². The number of anilines is 1. The molecule has 1 saturated heterocycles. The average Bonchev–Trinajstić information content (AvgIpc) is 3.13. The van der Waals surface area contributed by atoms with Gasteiger partial charge in [-0.15, -0.1) is 0 Å². The normalized spacial score (nSPS) is 15.7. The molecule has 0 aliphatic carbocycles. The molecule has 0 N–H and O–H groups in total. The molecule has 1 amide bonds. The lowest BCUT2D eigenvalue weighted by atomic mass is 10.1. The summed E-state index contributed by atoms with van der Waals surface area (Å²) in [5.74, 6) is -0.572. The Bertz CT molecular complexity index is 1100. The fourth-order valence-electron chi connectivity index (χ4n) is 3.10. The van der Waals surface area contributed by atoms with E-state index < -0.39 is 0 Å². The Morgan fingerprint density at radius 2 is 1.71 bits per heavy atom. The molecule has 2 heterocycles. The Balaban J connectivity index is 1.70. The Labute approximate surface area is 171 Å². The second kappa shape index (κ2) is 7.33. The first-order valence-corrected chi connectivity index (χ1v) is 9.83. The number of rotatable bonds is 3. The molecule has 0 atom stereocenters. The summed E-state index contributed by atoms with van der Waals surface area (Å²) in [5.41, 5.74) is 4.18. The van der Waals surface area contributed by atoms with Crippen LogP contribution < -0.4 is 4.90 Å². The first kappa shape index (κ1) is 18.6. The van der Waals surface area contributed by atoms with Crippen molar-refractivity contribution >= 4 is 46.0 Å². The third-order valence-electron chi connectivity index (χ3n) is 4.50. The molecule has 0 spiro atoms. The quantitative estimate of drug-likeness (QED) is 0.449. The van der Waals surface area contributed by atoms with Crippen LogP contribution in [0.2, 0.25) is 0 Å². The van der Waals surface area contributed by atoms with Crippen molar-refractivity contribution in [2.24, 2.45) is 0 Å². The summed E-state index contributed by atoms with van der Waals surface area (Å²) in [6.45, 7) is 3.89. The molecule has 2 aromatic carbocycles. The Hall–Kier alpha value is -2.77. The topological polar surface area (TPSA) is 38.1 Å². The van der Waals surface area contributed by atoms with Gasteiger partial charge in [-0.25, -0.2) is 9.07 Å². The van der Waals surface area contributed by atoms with Crippen molar-refractivity contribution in [1.82, 2.24) is 9.78 Å². The number of aryl methyl sites for hydroxylation is 1. The number of thiocarbonyl (C=S) groups is 1. The summed E-state index contributed by atoms with van der Waals surface area (Å²) in [5, 5.41) is 4.62. The van der Waals surface area contributed by atoms with E-state index >= 15 is 0 Å². The van der Waals surface area contributed by atoms with Gasteiger partial charge in [-0.1, -0.05) is 42.2 Å². The molecule has 0 bridgehead atoms. The predicted molar refractivity (Wildman–Crippen MR) is 115 cm³/mol. The lowest BCUT2D eigenvalue weighted by Crippen LogP contribution is -2.27. The third kappa shape index (κ3) is 3.27. The van der Waals surface area contributed by atoms with Gasteiger partial charge >= 0.3 is 0 Å². The van der Waals surface area contributed by atoms with Gasteiger partial charge in [0, 0.05) is 11.3 Å². The summed E-state index contributed by atoms with van der Waals surface area (Å²) in [6.07, 6.45) is 1.83. The highest BCUT2D eigenvalue weighted by atomic mass is 32.2. The standard InChI is InChI=1S/C21H16FN3OS2/c1-13-18(14(2)25(23-13)17-6-4-3-5-7-17)12-19-20(26)24(21(27)28-19)16-10-8-15(22)9-11-16/h3-12H,1-2H3/b19-12-. The van der Waals surface area contributed by atoms with Crippen molar-refractivity contribution in [1.29, 1.82) is 0 Å². The fourth-order valence-corrected chi connectivity index (χ4v) is 4.38. The minimum absolute atomic E-state index is 0.215. The van der Waals surface area contributed by atoms with Gasteiger partial charge in [0.1, 0.15) is 5.82 Å². The number of carbonyl (C=O) groups is 1. The second-order valence-corrected chi connectivity index (χ2v) is 8.00. The van der Waals surface area contributed by atoms with Crippen LogP contribution in [0, 0.1) is 19.7 Å². The SMILES string of the molecule is Cc1nn(-c2ccccc2)c(C)c1/C=C1\SC(=S)N(c2ccc(F)cc2)C1=O. The average molecular weight is 410 g/mol. The van der Waals surface area contributed by atoms with E-state index in [2.05, 4.69) is 5.10 Å². The van der Waals surface area contributed by atoms with E-state index in [0.717, 1.165) is 22.6 Å². The molecule has 140 valence electrons. The number of hydrogen-bond donors (Lipinski definition) is 0. The highest BCUT2D eigenvalue weighted by Gasteiger charge is 2.33. The molecule has 0 radical (unpaired) electrons. The molecule has 4 nitrogen and oxygen atoms in total. The van der Waals surface area contributed by atoms with Crippen molar-refractivity contribution in [3.05, 3.63) is 82.3 Å². The number of nitrogens with zero attached hydrogens (tertiary/aromatic N) is 3. The number of amides is 1. The summed E-state index contributed by atoms with van der Waals surface area (Å²) in [4.78, 5) is 14.9. The van der Waals surface area contributed by atoms with E-state index in [1.807, 2.05) is 54.9 Å². The van der Waals surface area contributed by atoms with E-state index in [9.17, 15) is 9.18 Å². The molecule has 4 rings (SSSR count). The first-order chi connectivity index (χ1) is 13.5. The van der Waals surface area contributed by atoms with E-state index in [0.29, 0.717) is 14.9 Å². The second-order valence-electron chi connectivity index (χ2n) is 6.33. The summed E-state index contributed by atoms with van der Waals surface area (Å²) < 4.78 is 15.5. The number of benzene rings is 2. The van der Waals surface area contributed by atoms with Crippen LogP contribution in [0.5, 0.6) is 0 Å². The number of halogens is 1. The van der Waals surface area contributed by atoms with E-state index in [1.165, 1.54) is 28.8 Å². The maximum atomic E-state index is 13.2. The molecule has 28 heavy (non-hydrogen) atoms. The molecular formula is C21H16FN3OS2. The maximum absolute atomic E-state index is 13.2. The molecule has 1 fully saturated rings. The Kier molecular flexibility index (Phi) is 4.87. The Morgan fingerprint density at radius 1 is 1.04 bits per heavy atom. The predicted octanol–water partition coefficient (Wildman–Crippen LogP) is 5.03. The number of aromatic nitrogens is 2. The van der Waals surface area contributed by atoms with Crippen molar-refractivity contribution < 1.29 is 9.18 Å². The number of thioether (sulfide) groups is 1. The lowest BCUT2D eigenvalue weighted by molar-refractivity contribution is -0.113. The molecule has 7 heteroatoms. The van der Waals surface area contributed by atoms with Gasteiger partial charge in [0.2, 0.25) is 0 Å². The van der Waals surface area contributed by atoms with Crippen molar-refractivity contribution in [2.75, 3.05) is 4.90 Å². The number of carbonyl (C=O) groups excluding carboxylic acids is 1. The minimum atomic E-state index is -0.357. The summed E-state index contributed by atoms with van der Waals surface area (Å²) in [7, 11) is 0. The van der Waals surface area contributed by atoms with Gasteiger partial charge in [0.25, 0.3) is 5.91 Å². The molecule has 1 aromatic heterocycles. The van der Waals surface area contributed by atoms with Gasteiger partial charge in [0.15, 0.2) is 4.32 Å². The van der Waals surface area contributed by atoms with Crippen LogP contribution in [0.4, 0.5) is 10.1 Å². The van der Waals surface area contributed by atoms with Crippen LogP contribution in [-0.2, 0) is 4.79 Å². The number of para-hydroxylation sites is 1. The van der Waals surface area contributed by atoms with Crippen LogP contribution in [-0.4, -0.2) is 20.0 Å². The zero-order chi connectivity index (χ0) is 19.8. The van der Waals surface area contributed by atoms with Gasteiger partial charge in [0.05, 0.1) is 22.0 Å². The van der Waals surface area contributed by atoms with Crippen molar-refractivity contribution in [2.45, 2.75) is 13.8 Å². The van der Waals surface area contributed by atoms with Crippen LogP contribution in [0.1, 0.15) is 17.0 Å². The molecule has 0 saturated carbocycles. The van der Waals surface area contributed by atoms with Crippen molar-refractivity contribution in [3.8, 4) is 5.69 Å². The largest absolute Gasteiger partial charge is 0.270 e. The zero-order valence-corrected chi connectivity index (χ0v) is 16.9. The number of hydrogen-bond acceptors (Lipinski definition) is 4. The molecule has 3 aromatic rings. The molecule has 1 aliphatic heterocycles. The fraction of sp³-hybridized carbons (Fsp3) is 0.0952. The molecule has 1 aliphatic rings. The van der Waals surface area contributed by atoms with E-state index in [-0.39, 0.29) is 11.7 Å². The zero-order valence-electron chi connectivity index (χ0n) is 15.2. The van der Waals surface area contributed by atoms with Crippen molar-refractivity contribution in [3.63, 3.8) is 0 Å². The first-order valence-electron chi connectivity index (χ1n) is 8.61. The van der Waals surface area contributed by atoms with E-state index in [1.54, 1.807) is 12.1 Å². The highest BCUT2D eigenvalue weighted by Crippen LogP contribution is 2.36. The minimum Gasteiger partial charge on any atom is -0.268 e. The summed E-state index contributed by atoms with van der Waals surface area (Å²) >= 11 is 6.62. The lowest BCUT2D eigenvalue weighted by Gasteiger charge is -2.14. The molecular weight excluding hydrogens is 393 g/mol. The van der Waals surface area contributed by atoms with Crippen LogP contribution in [0.15, 0.2) is 59.5 Å². The third-order valence-corrected chi connectivity index (χ3v) is 5.80. The van der Waals surface area contributed by atoms with Gasteiger partial charge < -0.3 is 0 Å². The highest BCUT2D eigenvalue weighted by molar-refractivity contribution is 8.27. The monoisotopic (exact) mass is 409 g/mol. The van der Waals surface area contributed by atoms with E-state index in [4.69, 9.17) is 12.2 Å². The van der Waals surface area contributed by atoms with Crippen LogP contribution in [0.3, 0.4) is 0 Å². The van der Waals surface area contributed by atoms with Crippen LogP contribution in [0.25, 0.3) is 11.8 Å². The molecule has 0 unspecified atom stereocenters. The smallest absolute Gasteiger partial charge is 0.268 e.